The van der Waals surface area contributed by atoms with Crippen LogP contribution in [0.3, 0.4) is 0 Å². The SMILES string of the molecule is CCOc1cccc2c1nc(N)n2CCNS(C)(=O)=O. The molecule has 110 valence electrons. The summed E-state index contributed by atoms with van der Waals surface area (Å²) in [5, 5.41) is 0. The number of nitrogens with zero attached hydrogens (tertiary/aromatic N) is 2. The number of aromatic nitrogens is 2. The molecular weight excluding hydrogens is 280 g/mol. The van der Waals surface area contributed by atoms with Crippen molar-refractivity contribution in [3.8, 4) is 5.75 Å². The normalized spacial score (nSPS) is 11.9. The second kappa shape index (κ2) is 5.68. The van der Waals surface area contributed by atoms with Crippen LogP contribution in [0.4, 0.5) is 5.95 Å². The Balaban J connectivity index is 2.29. The van der Waals surface area contributed by atoms with Crippen molar-refractivity contribution in [3.05, 3.63) is 18.2 Å². The fraction of sp³-hybridized carbons (Fsp3) is 0.417. The third-order valence-electron chi connectivity index (χ3n) is 2.77. The Morgan fingerprint density at radius 1 is 1.45 bits per heavy atom. The highest BCUT2D eigenvalue weighted by molar-refractivity contribution is 7.88. The Morgan fingerprint density at radius 2 is 2.20 bits per heavy atom. The molecule has 0 fully saturated rings. The lowest BCUT2D eigenvalue weighted by molar-refractivity contribution is 0.343. The number of imidazole rings is 1. The molecular formula is C12H18N4O3S. The van der Waals surface area contributed by atoms with E-state index < -0.39 is 10.0 Å². The third kappa shape index (κ3) is 3.20. The summed E-state index contributed by atoms with van der Waals surface area (Å²) in [7, 11) is -3.21. The summed E-state index contributed by atoms with van der Waals surface area (Å²) in [5.74, 6) is 1.01. The number of sulfonamides is 1. The van der Waals surface area contributed by atoms with Crippen LogP contribution in [0, 0.1) is 0 Å². The second-order valence-electron chi connectivity index (χ2n) is 4.35. The first kappa shape index (κ1) is 14.6. The number of nitrogens with two attached hydrogens (primary N) is 1. The molecule has 0 atom stereocenters. The van der Waals surface area contributed by atoms with Gasteiger partial charge in [-0.2, -0.15) is 0 Å². The van der Waals surface area contributed by atoms with Gasteiger partial charge in [-0.3, -0.25) is 0 Å². The van der Waals surface area contributed by atoms with Gasteiger partial charge in [0.25, 0.3) is 0 Å². The number of anilines is 1. The molecule has 3 N–H and O–H groups in total. The lowest BCUT2D eigenvalue weighted by Crippen LogP contribution is -2.26. The molecule has 2 aromatic rings. The van der Waals surface area contributed by atoms with Crippen LogP contribution in [0.1, 0.15) is 6.92 Å². The molecule has 20 heavy (non-hydrogen) atoms. The molecule has 0 bridgehead atoms. The lowest BCUT2D eigenvalue weighted by atomic mass is 10.3. The largest absolute Gasteiger partial charge is 0.492 e. The van der Waals surface area contributed by atoms with Gasteiger partial charge >= 0.3 is 0 Å². The van der Waals surface area contributed by atoms with E-state index in [0.717, 1.165) is 11.8 Å². The van der Waals surface area contributed by atoms with Crippen LogP contribution in [-0.2, 0) is 16.6 Å². The molecule has 0 saturated carbocycles. The van der Waals surface area contributed by atoms with Gasteiger partial charge in [0.15, 0.2) is 0 Å². The summed E-state index contributed by atoms with van der Waals surface area (Å²) in [6, 6.07) is 5.56. The van der Waals surface area contributed by atoms with E-state index in [1.807, 2.05) is 25.1 Å². The van der Waals surface area contributed by atoms with Gasteiger partial charge in [0, 0.05) is 13.1 Å². The Labute approximate surface area is 117 Å². The van der Waals surface area contributed by atoms with Gasteiger partial charge < -0.3 is 15.0 Å². The molecule has 7 nitrogen and oxygen atoms in total. The van der Waals surface area contributed by atoms with Gasteiger partial charge in [-0.1, -0.05) is 6.07 Å². The van der Waals surface area contributed by atoms with Crippen molar-refractivity contribution in [2.75, 3.05) is 25.1 Å². The molecule has 0 saturated heterocycles. The maximum Gasteiger partial charge on any atom is 0.208 e. The van der Waals surface area contributed by atoms with Gasteiger partial charge in [-0.25, -0.2) is 18.1 Å². The molecule has 1 heterocycles. The third-order valence-corrected chi connectivity index (χ3v) is 3.50. The summed E-state index contributed by atoms with van der Waals surface area (Å²) in [6.45, 7) is 3.11. The fourth-order valence-electron chi connectivity index (χ4n) is 1.99. The minimum absolute atomic E-state index is 0.257. The maximum absolute atomic E-state index is 11.1. The van der Waals surface area contributed by atoms with Crippen LogP contribution >= 0.6 is 0 Å². The topological polar surface area (TPSA) is 99.2 Å². The Morgan fingerprint density at radius 3 is 2.85 bits per heavy atom. The van der Waals surface area contributed by atoms with Crippen molar-refractivity contribution in [2.45, 2.75) is 13.5 Å². The summed E-state index contributed by atoms with van der Waals surface area (Å²) < 4.78 is 31.8. The zero-order valence-electron chi connectivity index (χ0n) is 11.5. The van der Waals surface area contributed by atoms with Crippen LogP contribution in [0.25, 0.3) is 11.0 Å². The number of rotatable bonds is 6. The smallest absolute Gasteiger partial charge is 0.208 e. The molecule has 0 aliphatic carbocycles. The molecule has 1 aromatic carbocycles. The van der Waals surface area contributed by atoms with E-state index in [0.29, 0.717) is 30.4 Å². The predicted octanol–water partition coefficient (Wildman–Crippen LogP) is 0.566. The quantitative estimate of drug-likeness (QED) is 0.812. The van der Waals surface area contributed by atoms with Gasteiger partial charge in [-0.05, 0) is 19.1 Å². The Bertz CT molecular complexity index is 709. The van der Waals surface area contributed by atoms with Crippen LogP contribution in [0.15, 0.2) is 18.2 Å². The standard InChI is InChI=1S/C12H18N4O3S/c1-3-19-10-6-4-5-9-11(10)15-12(13)16(9)8-7-14-20(2,17)18/h4-6,14H,3,7-8H2,1-2H3,(H2,13,15). The number of nitrogen functional groups attached to an aromatic ring is 1. The summed E-state index contributed by atoms with van der Waals surface area (Å²) in [6.07, 6.45) is 1.12. The van der Waals surface area contributed by atoms with Crippen molar-refractivity contribution >= 4 is 27.0 Å². The van der Waals surface area contributed by atoms with E-state index in [2.05, 4.69) is 9.71 Å². The minimum Gasteiger partial charge on any atom is -0.492 e. The monoisotopic (exact) mass is 298 g/mol. The summed E-state index contributed by atoms with van der Waals surface area (Å²) >= 11 is 0. The van der Waals surface area contributed by atoms with Crippen molar-refractivity contribution in [1.29, 1.82) is 0 Å². The molecule has 0 amide bonds. The fourth-order valence-corrected chi connectivity index (χ4v) is 2.45. The van der Waals surface area contributed by atoms with E-state index in [9.17, 15) is 8.42 Å². The van der Waals surface area contributed by atoms with Gasteiger partial charge in [-0.15, -0.1) is 0 Å². The summed E-state index contributed by atoms with van der Waals surface area (Å²) in [4.78, 5) is 4.29. The molecule has 0 aliphatic rings. The molecule has 0 unspecified atom stereocenters. The molecule has 0 aliphatic heterocycles. The maximum atomic E-state index is 11.1. The van der Waals surface area contributed by atoms with Gasteiger partial charge in [0.1, 0.15) is 11.3 Å². The van der Waals surface area contributed by atoms with Crippen LogP contribution in [0.5, 0.6) is 5.75 Å². The zero-order chi connectivity index (χ0) is 14.8. The first-order valence-corrected chi connectivity index (χ1v) is 8.13. The van der Waals surface area contributed by atoms with Gasteiger partial charge in [0.05, 0.1) is 18.4 Å². The second-order valence-corrected chi connectivity index (χ2v) is 6.18. The van der Waals surface area contributed by atoms with Crippen molar-refractivity contribution < 1.29 is 13.2 Å². The van der Waals surface area contributed by atoms with E-state index in [1.165, 1.54) is 0 Å². The highest BCUT2D eigenvalue weighted by Crippen LogP contribution is 2.26. The first-order chi connectivity index (χ1) is 9.42. The van der Waals surface area contributed by atoms with Crippen molar-refractivity contribution in [1.82, 2.24) is 14.3 Å². The van der Waals surface area contributed by atoms with E-state index in [4.69, 9.17) is 10.5 Å². The van der Waals surface area contributed by atoms with Crippen molar-refractivity contribution in [3.63, 3.8) is 0 Å². The molecule has 1 aromatic heterocycles. The number of fused-ring (bicyclic) bond motifs is 1. The number of ether oxygens (including phenoxy) is 1. The summed E-state index contributed by atoms with van der Waals surface area (Å²) in [5.41, 5.74) is 7.40. The average Bonchev–Trinajstić information content (AvgIpc) is 2.66. The van der Waals surface area contributed by atoms with Crippen LogP contribution < -0.4 is 15.2 Å². The van der Waals surface area contributed by atoms with E-state index in [-0.39, 0.29) is 6.54 Å². The van der Waals surface area contributed by atoms with Crippen LogP contribution in [0.2, 0.25) is 0 Å². The number of nitrogens with one attached hydrogen (secondary N) is 1. The molecule has 2 rings (SSSR count). The lowest BCUT2D eigenvalue weighted by Gasteiger charge is -2.07. The minimum atomic E-state index is -3.21. The average molecular weight is 298 g/mol. The number of para-hydroxylation sites is 1. The highest BCUT2D eigenvalue weighted by atomic mass is 32.2. The van der Waals surface area contributed by atoms with E-state index in [1.54, 1.807) is 4.57 Å². The highest BCUT2D eigenvalue weighted by Gasteiger charge is 2.12. The van der Waals surface area contributed by atoms with Crippen molar-refractivity contribution in [2.24, 2.45) is 0 Å². The first-order valence-electron chi connectivity index (χ1n) is 6.24. The van der Waals surface area contributed by atoms with Gasteiger partial charge in [0.2, 0.25) is 16.0 Å². The van der Waals surface area contributed by atoms with E-state index >= 15 is 0 Å². The molecule has 0 radical (unpaired) electrons. The number of hydrogen-bond acceptors (Lipinski definition) is 5. The Hall–Kier alpha value is -1.80. The Kier molecular flexibility index (Phi) is 4.15. The zero-order valence-corrected chi connectivity index (χ0v) is 12.3. The van der Waals surface area contributed by atoms with Crippen LogP contribution in [-0.4, -0.2) is 37.4 Å². The predicted molar refractivity (Wildman–Crippen MR) is 78.2 cm³/mol. The molecule has 0 spiro atoms. The number of hydrogen-bond donors (Lipinski definition) is 2. The number of benzene rings is 1. The molecule has 8 heteroatoms.